The highest BCUT2D eigenvalue weighted by atomic mass is 16.5. The van der Waals surface area contributed by atoms with E-state index in [-0.39, 0.29) is 0 Å². The van der Waals surface area contributed by atoms with E-state index in [4.69, 9.17) is 10.5 Å². The SMILES string of the molecule is CCN1CCC(Oc2ccc3c(N)nccc3c2)CC1. The zero-order valence-corrected chi connectivity index (χ0v) is 11.9. The number of hydrogen-bond acceptors (Lipinski definition) is 4. The number of pyridine rings is 1. The summed E-state index contributed by atoms with van der Waals surface area (Å²) in [6, 6.07) is 8.01. The first-order chi connectivity index (χ1) is 9.76. The molecule has 4 heteroatoms. The number of hydrogen-bond donors (Lipinski definition) is 1. The summed E-state index contributed by atoms with van der Waals surface area (Å²) in [6.07, 6.45) is 4.27. The maximum Gasteiger partial charge on any atom is 0.131 e. The van der Waals surface area contributed by atoms with Crippen LogP contribution in [-0.2, 0) is 0 Å². The van der Waals surface area contributed by atoms with Gasteiger partial charge in [-0.2, -0.15) is 0 Å². The zero-order chi connectivity index (χ0) is 13.9. The number of piperidine rings is 1. The first-order valence-electron chi connectivity index (χ1n) is 7.29. The molecule has 0 atom stereocenters. The van der Waals surface area contributed by atoms with Crippen molar-refractivity contribution in [1.29, 1.82) is 0 Å². The highest BCUT2D eigenvalue weighted by Gasteiger charge is 2.19. The average Bonchev–Trinajstić information content (AvgIpc) is 2.48. The van der Waals surface area contributed by atoms with Gasteiger partial charge in [0.15, 0.2) is 0 Å². The van der Waals surface area contributed by atoms with Crippen molar-refractivity contribution in [2.45, 2.75) is 25.9 Å². The van der Waals surface area contributed by atoms with Crippen LogP contribution in [0.5, 0.6) is 5.75 Å². The second-order valence-corrected chi connectivity index (χ2v) is 5.33. The van der Waals surface area contributed by atoms with Crippen LogP contribution in [0.1, 0.15) is 19.8 Å². The number of benzene rings is 1. The predicted molar refractivity (Wildman–Crippen MR) is 81.9 cm³/mol. The molecule has 106 valence electrons. The van der Waals surface area contributed by atoms with Gasteiger partial charge in [0.1, 0.15) is 17.7 Å². The summed E-state index contributed by atoms with van der Waals surface area (Å²) in [5.41, 5.74) is 5.86. The highest BCUT2D eigenvalue weighted by molar-refractivity contribution is 5.91. The maximum absolute atomic E-state index is 6.11. The van der Waals surface area contributed by atoms with E-state index in [2.05, 4.69) is 22.9 Å². The van der Waals surface area contributed by atoms with Crippen molar-refractivity contribution < 1.29 is 4.74 Å². The van der Waals surface area contributed by atoms with Crippen LogP contribution in [0.3, 0.4) is 0 Å². The summed E-state index contributed by atoms with van der Waals surface area (Å²) in [5, 5.41) is 2.07. The van der Waals surface area contributed by atoms with E-state index < -0.39 is 0 Å². The molecule has 0 bridgehead atoms. The number of nitrogens with two attached hydrogens (primary N) is 1. The normalized spacial score (nSPS) is 17.4. The fourth-order valence-electron chi connectivity index (χ4n) is 2.79. The van der Waals surface area contributed by atoms with E-state index in [1.54, 1.807) is 6.20 Å². The van der Waals surface area contributed by atoms with Gasteiger partial charge in [0.25, 0.3) is 0 Å². The maximum atomic E-state index is 6.11. The number of fused-ring (bicyclic) bond motifs is 1. The van der Waals surface area contributed by atoms with Crippen LogP contribution in [-0.4, -0.2) is 35.6 Å². The lowest BCUT2D eigenvalue weighted by molar-refractivity contribution is 0.104. The van der Waals surface area contributed by atoms with Crippen LogP contribution in [0.25, 0.3) is 10.8 Å². The molecule has 4 nitrogen and oxygen atoms in total. The van der Waals surface area contributed by atoms with Crippen molar-refractivity contribution in [1.82, 2.24) is 9.88 Å². The summed E-state index contributed by atoms with van der Waals surface area (Å²) >= 11 is 0. The molecule has 1 aromatic carbocycles. The summed E-state index contributed by atoms with van der Waals surface area (Å²) in [4.78, 5) is 6.57. The zero-order valence-electron chi connectivity index (χ0n) is 11.9. The molecule has 0 spiro atoms. The monoisotopic (exact) mass is 271 g/mol. The number of likely N-dealkylation sites (tertiary alicyclic amines) is 1. The smallest absolute Gasteiger partial charge is 0.131 e. The molecule has 0 saturated carbocycles. The number of anilines is 1. The molecule has 20 heavy (non-hydrogen) atoms. The summed E-state index contributed by atoms with van der Waals surface area (Å²) < 4.78 is 6.11. The van der Waals surface area contributed by atoms with E-state index in [9.17, 15) is 0 Å². The van der Waals surface area contributed by atoms with Crippen molar-refractivity contribution in [3.8, 4) is 5.75 Å². The fraction of sp³-hybridized carbons (Fsp3) is 0.438. The van der Waals surface area contributed by atoms with Crippen molar-refractivity contribution >= 4 is 16.6 Å². The van der Waals surface area contributed by atoms with Crippen LogP contribution >= 0.6 is 0 Å². The molecular formula is C16H21N3O. The van der Waals surface area contributed by atoms with E-state index in [0.717, 1.165) is 49.0 Å². The number of nitrogen functional groups attached to an aromatic ring is 1. The molecule has 2 aromatic rings. The van der Waals surface area contributed by atoms with E-state index in [1.807, 2.05) is 18.2 Å². The van der Waals surface area contributed by atoms with Crippen LogP contribution in [0.15, 0.2) is 30.5 Å². The van der Waals surface area contributed by atoms with Gasteiger partial charge in [0, 0.05) is 24.7 Å². The Hall–Kier alpha value is -1.81. The van der Waals surface area contributed by atoms with Crippen molar-refractivity contribution in [2.24, 2.45) is 0 Å². The number of ether oxygens (including phenoxy) is 1. The van der Waals surface area contributed by atoms with Gasteiger partial charge in [-0.25, -0.2) is 4.98 Å². The average molecular weight is 271 g/mol. The number of rotatable bonds is 3. The summed E-state index contributed by atoms with van der Waals surface area (Å²) in [5.74, 6) is 1.50. The second kappa shape index (κ2) is 5.67. The molecular weight excluding hydrogens is 250 g/mol. The van der Waals surface area contributed by atoms with Crippen LogP contribution in [0, 0.1) is 0 Å². The third-order valence-electron chi connectivity index (χ3n) is 4.05. The molecule has 2 heterocycles. The summed E-state index contributed by atoms with van der Waals surface area (Å²) in [6.45, 7) is 5.61. The molecule has 0 amide bonds. The van der Waals surface area contributed by atoms with Crippen molar-refractivity contribution in [3.05, 3.63) is 30.5 Å². The van der Waals surface area contributed by atoms with Crippen molar-refractivity contribution in [3.63, 3.8) is 0 Å². The Labute approximate surface area is 119 Å². The third kappa shape index (κ3) is 2.70. The quantitative estimate of drug-likeness (QED) is 0.932. The molecule has 0 aliphatic carbocycles. The highest BCUT2D eigenvalue weighted by Crippen LogP contribution is 2.26. The molecule has 1 saturated heterocycles. The Balaban J connectivity index is 1.72. The van der Waals surface area contributed by atoms with Crippen LogP contribution in [0.2, 0.25) is 0 Å². The number of nitrogens with zero attached hydrogens (tertiary/aromatic N) is 2. The van der Waals surface area contributed by atoms with Gasteiger partial charge in [0.05, 0.1) is 0 Å². The Morgan fingerprint density at radius 1 is 1.30 bits per heavy atom. The van der Waals surface area contributed by atoms with Crippen LogP contribution < -0.4 is 10.5 Å². The first-order valence-corrected chi connectivity index (χ1v) is 7.29. The van der Waals surface area contributed by atoms with Gasteiger partial charge in [0.2, 0.25) is 0 Å². The van der Waals surface area contributed by atoms with E-state index >= 15 is 0 Å². The lowest BCUT2D eigenvalue weighted by Crippen LogP contribution is -2.37. The molecule has 0 radical (unpaired) electrons. The Bertz CT molecular complexity index is 591. The van der Waals surface area contributed by atoms with Gasteiger partial charge in [-0.3, -0.25) is 0 Å². The van der Waals surface area contributed by atoms with Gasteiger partial charge in [-0.1, -0.05) is 6.92 Å². The minimum absolute atomic E-state index is 0.328. The third-order valence-corrected chi connectivity index (χ3v) is 4.05. The second-order valence-electron chi connectivity index (χ2n) is 5.33. The largest absolute Gasteiger partial charge is 0.490 e. The van der Waals surface area contributed by atoms with E-state index in [1.165, 1.54) is 0 Å². The summed E-state index contributed by atoms with van der Waals surface area (Å²) in [7, 11) is 0. The first kappa shape index (κ1) is 13.2. The fourth-order valence-corrected chi connectivity index (χ4v) is 2.79. The molecule has 1 aromatic heterocycles. The van der Waals surface area contributed by atoms with Gasteiger partial charge in [-0.05, 0) is 49.0 Å². The Morgan fingerprint density at radius 3 is 2.85 bits per heavy atom. The molecule has 3 rings (SSSR count). The minimum atomic E-state index is 0.328. The van der Waals surface area contributed by atoms with Crippen molar-refractivity contribution in [2.75, 3.05) is 25.4 Å². The van der Waals surface area contributed by atoms with Gasteiger partial charge < -0.3 is 15.4 Å². The molecule has 1 aliphatic rings. The van der Waals surface area contributed by atoms with Gasteiger partial charge >= 0.3 is 0 Å². The molecule has 2 N–H and O–H groups in total. The Kier molecular flexibility index (Phi) is 3.74. The van der Waals surface area contributed by atoms with Crippen LogP contribution in [0.4, 0.5) is 5.82 Å². The molecule has 0 unspecified atom stereocenters. The standard InChI is InChI=1S/C16H21N3O/c1-2-19-9-6-13(7-10-19)20-14-3-4-15-12(11-14)5-8-18-16(15)17/h3-5,8,11,13H,2,6-7,9-10H2,1H3,(H2,17,18). The minimum Gasteiger partial charge on any atom is -0.490 e. The topological polar surface area (TPSA) is 51.4 Å². The predicted octanol–water partition coefficient (Wildman–Crippen LogP) is 2.68. The number of aromatic nitrogens is 1. The van der Waals surface area contributed by atoms with Gasteiger partial charge in [-0.15, -0.1) is 0 Å². The lowest BCUT2D eigenvalue weighted by Gasteiger charge is -2.31. The Morgan fingerprint density at radius 2 is 2.10 bits per heavy atom. The lowest BCUT2D eigenvalue weighted by atomic mass is 10.1. The molecule has 1 fully saturated rings. The molecule has 1 aliphatic heterocycles. The van der Waals surface area contributed by atoms with E-state index in [0.29, 0.717) is 11.9 Å².